The Bertz CT molecular complexity index is 473. The van der Waals surface area contributed by atoms with Crippen LogP contribution in [0.1, 0.15) is 31.2 Å². The lowest BCUT2D eigenvalue weighted by Gasteiger charge is -2.38. The van der Waals surface area contributed by atoms with E-state index < -0.39 is 0 Å². The molecule has 0 aromatic carbocycles. The molecule has 0 bridgehead atoms. The summed E-state index contributed by atoms with van der Waals surface area (Å²) < 4.78 is 0. The van der Waals surface area contributed by atoms with Crippen molar-refractivity contribution in [2.24, 2.45) is 0 Å². The van der Waals surface area contributed by atoms with Crippen molar-refractivity contribution in [3.05, 3.63) is 11.4 Å². The fourth-order valence-electron chi connectivity index (χ4n) is 3.22. The molecule has 2 aliphatic rings. The summed E-state index contributed by atoms with van der Waals surface area (Å²) in [6.07, 6.45) is 3.49. The summed E-state index contributed by atoms with van der Waals surface area (Å²) in [5, 5.41) is 0. The molecule has 3 rings (SSSR count). The van der Waals surface area contributed by atoms with E-state index in [1.807, 2.05) is 6.92 Å². The summed E-state index contributed by atoms with van der Waals surface area (Å²) >= 11 is 0. The molecule has 2 fully saturated rings. The van der Waals surface area contributed by atoms with E-state index >= 15 is 0 Å². The lowest BCUT2D eigenvalue weighted by Crippen LogP contribution is -2.50. The lowest BCUT2D eigenvalue weighted by atomic mass is 10.1. The number of hydrogen-bond donors (Lipinski definition) is 1. The summed E-state index contributed by atoms with van der Waals surface area (Å²) in [4.78, 5) is 14.1. The number of aromatic nitrogens is 2. The average molecular weight is 261 g/mol. The quantitative estimate of drug-likeness (QED) is 0.867. The molecule has 2 aliphatic heterocycles. The molecule has 5 nitrogen and oxygen atoms in total. The Kier molecular flexibility index (Phi) is 3.31. The Morgan fingerprint density at radius 1 is 1.26 bits per heavy atom. The number of hydrogen-bond acceptors (Lipinski definition) is 5. The maximum Gasteiger partial charge on any atom is 0.137 e. The number of nitrogens with two attached hydrogens (primary N) is 1. The average Bonchev–Trinajstić information content (AvgIpc) is 2.88. The highest BCUT2D eigenvalue weighted by Crippen LogP contribution is 2.27. The van der Waals surface area contributed by atoms with Gasteiger partial charge >= 0.3 is 0 Å². The highest BCUT2D eigenvalue weighted by Gasteiger charge is 2.31. The minimum absolute atomic E-state index is 0.635. The van der Waals surface area contributed by atoms with Crippen molar-refractivity contribution in [1.29, 1.82) is 0 Å². The third-order valence-electron chi connectivity index (χ3n) is 4.41. The first-order chi connectivity index (χ1) is 9.19. The summed E-state index contributed by atoms with van der Waals surface area (Å²) in [5.41, 5.74) is 7.05. The molecule has 2 N–H and O–H groups in total. The molecule has 1 atom stereocenters. The summed E-state index contributed by atoms with van der Waals surface area (Å²) in [6.45, 7) is 8.66. The monoisotopic (exact) mass is 261 g/mol. The molecule has 0 spiro atoms. The van der Waals surface area contributed by atoms with Gasteiger partial charge in [0.05, 0.1) is 0 Å². The largest absolute Gasteiger partial charge is 0.383 e. The molecule has 2 saturated heterocycles. The number of nitrogen functional groups attached to an aromatic ring is 1. The number of rotatable bonds is 2. The van der Waals surface area contributed by atoms with Crippen molar-refractivity contribution in [2.75, 3.05) is 36.8 Å². The van der Waals surface area contributed by atoms with E-state index in [1.165, 1.54) is 19.4 Å². The van der Waals surface area contributed by atoms with E-state index in [9.17, 15) is 0 Å². The Labute approximate surface area is 114 Å². The highest BCUT2D eigenvalue weighted by atomic mass is 15.3. The minimum Gasteiger partial charge on any atom is -0.383 e. The first-order valence-corrected chi connectivity index (χ1v) is 7.31. The Balaban J connectivity index is 1.87. The number of piperazine rings is 1. The fourth-order valence-corrected chi connectivity index (χ4v) is 3.22. The van der Waals surface area contributed by atoms with Crippen LogP contribution in [-0.4, -0.2) is 47.1 Å². The van der Waals surface area contributed by atoms with Gasteiger partial charge in [0.15, 0.2) is 0 Å². The second-order valence-electron chi connectivity index (χ2n) is 5.61. The van der Waals surface area contributed by atoms with Gasteiger partial charge in [-0.1, -0.05) is 6.92 Å². The molecule has 0 radical (unpaired) electrons. The molecular formula is C14H23N5. The topological polar surface area (TPSA) is 58.3 Å². The van der Waals surface area contributed by atoms with E-state index in [1.54, 1.807) is 0 Å². The van der Waals surface area contributed by atoms with Crippen LogP contribution in [0.2, 0.25) is 0 Å². The number of aryl methyl sites for hydroxylation is 1. The standard InChI is InChI=1S/C14H23N5/c1-3-12-16-13(15)10(2)14(17-12)19-8-7-18-6-4-5-11(18)9-19/h11H,3-9H2,1-2H3,(H2,15,16,17). The van der Waals surface area contributed by atoms with Crippen LogP contribution in [-0.2, 0) is 6.42 Å². The van der Waals surface area contributed by atoms with Gasteiger partial charge in [0.2, 0.25) is 0 Å². The van der Waals surface area contributed by atoms with Crippen LogP contribution in [0, 0.1) is 6.92 Å². The predicted molar refractivity (Wildman–Crippen MR) is 77.4 cm³/mol. The Hall–Kier alpha value is -1.36. The number of anilines is 2. The molecule has 5 heteroatoms. The van der Waals surface area contributed by atoms with Crippen molar-refractivity contribution < 1.29 is 0 Å². The van der Waals surface area contributed by atoms with Gasteiger partial charge in [-0.05, 0) is 26.3 Å². The Morgan fingerprint density at radius 2 is 2.11 bits per heavy atom. The molecule has 0 aliphatic carbocycles. The zero-order valence-corrected chi connectivity index (χ0v) is 11.9. The van der Waals surface area contributed by atoms with E-state index in [2.05, 4.69) is 21.7 Å². The van der Waals surface area contributed by atoms with Gasteiger partial charge in [0.25, 0.3) is 0 Å². The van der Waals surface area contributed by atoms with Crippen molar-refractivity contribution in [2.45, 2.75) is 39.2 Å². The van der Waals surface area contributed by atoms with Crippen LogP contribution in [0.4, 0.5) is 11.6 Å². The van der Waals surface area contributed by atoms with Gasteiger partial charge in [-0.25, -0.2) is 9.97 Å². The fraction of sp³-hybridized carbons (Fsp3) is 0.714. The SMILES string of the molecule is CCc1nc(N)c(C)c(N2CCN3CCCC3C2)n1. The molecule has 0 saturated carbocycles. The van der Waals surface area contributed by atoms with Crippen molar-refractivity contribution in [3.63, 3.8) is 0 Å². The molecule has 1 aromatic heterocycles. The van der Waals surface area contributed by atoms with Crippen LogP contribution < -0.4 is 10.6 Å². The third-order valence-corrected chi connectivity index (χ3v) is 4.41. The molecule has 1 aromatic rings. The van der Waals surface area contributed by atoms with Crippen molar-refractivity contribution in [3.8, 4) is 0 Å². The van der Waals surface area contributed by atoms with E-state index in [4.69, 9.17) is 10.7 Å². The minimum atomic E-state index is 0.635. The van der Waals surface area contributed by atoms with Gasteiger partial charge < -0.3 is 10.6 Å². The molecule has 3 heterocycles. The third kappa shape index (κ3) is 2.27. The van der Waals surface area contributed by atoms with Gasteiger partial charge in [-0.2, -0.15) is 0 Å². The van der Waals surface area contributed by atoms with Gasteiger partial charge in [0, 0.05) is 37.7 Å². The molecule has 1 unspecified atom stereocenters. The second-order valence-corrected chi connectivity index (χ2v) is 5.61. The Morgan fingerprint density at radius 3 is 2.89 bits per heavy atom. The van der Waals surface area contributed by atoms with Crippen LogP contribution in [0.3, 0.4) is 0 Å². The van der Waals surface area contributed by atoms with E-state index in [0.717, 1.165) is 43.3 Å². The van der Waals surface area contributed by atoms with Crippen molar-refractivity contribution in [1.82, 2.24) is 14.9 Å². The number of nitrogens with zero attached hydrogens (tertiary/aromatic N) is 4. The molecule has 104 valence electrons. The maximum atomic E-state index is 6.02. The second kappa shape index (κ2) is 4.96. The van der Waals surface area contributed by atoms with Gasteiger partial charge in [-0.15, -0.1) is 0 Å². The van der Waals surface area contributed by atoms with Gasteiger partial charge in [0.1, 0.15) is 17.5 Å². The van der Waals surface area contributed by atoms with Gasteiger partial charge in [-0.3, -0.25) is 4.90 Å². The van der Waals surface area contributed by atoms with Crippen LogP contribution in [0.25, 0.3) is 0 Å². The maximum absolute atomic E-state index is 6.02. The van der Waals surface area contributed by atoms with Crippen molar-refractivity contribution >= 4 is 11.6 Å². The first-order valence-electron chi connectivity index (χ1n) is 7.31. The smallest absolute Gasteiger partial charge is 0.137 e. The van der Waals surface area contributed by atoms with E-state index in [-0.39, 0.29) is 0 Å². The lowest BCUT2D eigenvalue weighted by molar-refractivity contribution is 0.230. The number of fused-ring (bicyclic) bond motifs is 1. The molecular weight excluding hydrogens is 238 g/mol. The summed E-state index contributed by atoms with van der Waals surface area (Å²) in [6, 6.07) is 0.703. The van der Waals surface area contributed by atoms with Crippen LogP contribution in [0.5, 0.6) is 0 Å². The highest BCUT2D eigenvalue weighted by molar-refractivity contribution is 5.57. The van der Waals surface area contributed by atoms with Crippen LogP contribution in [0.15, 0.2) is 0 Å². The van der Waals surface area contributed by atoms with E-state index in [0.29, 0.717) is 11.9 Å². The first kappa shape index (κ1) is 12.7. The normalized spacial score (nSPS) is 23.7. The van der Waals surface area contributed by atoms with Crippen LogP contribution >= 0.6 is 0 Å². The summed E-state index contributed by atoms with van der Waals surface area (Å²) in [7, 11) is 0. The molecule has 19 heavy (non-hydrogen) atoms. The zero-order chi connectivity index (χ0) is 13.4. The predicted octanol–water partition coefficient (Wildman–Crippen LogP) is 1.21. The summed E-state index contributed by atoms with van der Waals surface area (Å²) in [5.74, 6) is 2.54. The zero-order valence-electron chi connectivity index (χ0n) is 11.9. The molecule has 0 amide bonds.